The van der Waals surface area contributed by atoms with E-state index < -0.39 is 0 Å². The van der Waals surface area contributed by atoms with Crippen molar-refractivity contribution in [3.63, 3.8) is 0 Å². The molecule has 2 rings (SSSR count). The Bertz CT molecular complexity index is 254. The van der Waals surface area contributed by atoms with Gasteiger partial charge in [0.05, 0.1) is 12.6 Å². The van der Waals surface area contributed by atoms with Crippen LogP contribution in [0.15, 0.2) is 11.8 Å². The van der Waals surface area contributed by atoms with Crippen LogP contribution in [0.5, 0.6) is 0 Å². The number of hydrogen-bond donors (Lipinski definition) is 1. The van der Waals surface area contributed by atoms with E-state index in [1.165, 1.54) is 63.5 Å². The zero-order valence-electron chi connectivity index (χ0n) is 11.9. The van der Waals surface area contributed by atoms with Gasteiger partial charge in [-0.25, -0.2) is 0 Å². The van der Waals surface area contributed by atoms with Gasteiger partial charge in [-0.15, -0.1) is 0 Å². The first kappa shape index (κ1) is 13.9. The lowest BCUT2D eigenvalue weighted by Crippen LogP contribution is -2.39. The summed E-state index contributed by atoms with van der Waals surface area (Å²) in [6, 6.07) is 0.480. The minimum Gasteiger partial charge on any atom is -0.497 e. The maximum Gasteiger partial charge on any atom is 0.109 e. The third-order valence-corrected chi connectivity index (χ3v) is 4.31. The van der Waals surface area contributed by atoms with Gasteiger partial charge in [0.1, 0.15) is 5.76 Å². The van der Waals surface area contributed by atoms with Crippen LogP contribution in [0.4, 0.5) is 0 Å². The number of ether oxygens (including phenoxy) is 1. The Morgan fingerprint density at radius 3 is 2.50 bits per heavy atom. The first-order valence-corrected chi connectivity index (χ1v) is 7.98. The highest BCUT2D eigenvalue weighted by Crippen LogP contribution is 2.29. The minimum absolute atomic E-state index is 0.480. The van der Waals surface area contributed by atoms with Crippen molar-refractivity contribution in [2.75, 3.05) is 13.2 Å². The number of allylic oxidation sites excluding steroid dienone is 1. The lowest BCUT2D eigenvalue weighted by atomic mass is 9.84. The van der Waals surface area contributed by atoms with Crippen LogP contribution >= 0.6 is 0 Å². The van der Waals surface area contributed by atoms with Crippen molar-refractivity contribution in [1.29, 1.82) is 0 Å². The molecule has 1 aliphatic carbocycles. The third kappa shape index (κ3) is 4.01. The summed E-state index contributed by atoms with van der Waals surface area (Å²) in [5.74, 6) is 2.03. The molecule has 1 atom stereocenters. The molecule has 0 aromatic carbocycles. The van der Waals surface area contributed by atoms with Gasteiger partial charge in [0.2, 0.25) is 0 Å². The van der Waals surface area contributed by atoms with Crippen LogP contribution in [-0.4, -0.2) is 19.2 Å². The van der Waals surface area contributed by atoms with Crippen molar-refractivity contribution in [2.24, 2.45) is 5.92 Å². The Morgan fingerprint density at radius 2 is 1.89 bits per heavy atom. The molecule has 2 nitrogen and oxygen atoms in total. The molecule has 0 saturated heterocycles. The van der Waals surface area contributed by atoms with Crippen LogP contribution in [-0.2, 0) is 4.74 Å². The molecule has 1 heterocycles. The van der Waals surface area contributed by atoms with Gasteiger partial charge in [0, 0.05) is 0 Å². The summed E-state index contributed by atoms with van der Waals surface area (Å²) in [4.78, 5) is 0. The van der Waals surface area contributed by atoms with Gasteiger partial charge in [-0.3, -0.25) is 0 Å². The summed E-state index contributed by atoms with van der Waals surface area (Å²) in [6.45, 7) is 4.17. The van der Waals surface area contributed by atoms with E-state index in [1.807, 2.05) is 0 Å². The van der Waals surface area contributed by atoms with Gasteiger partial charge in [-0.05, 0) is 44.2 Å². The Labute approximate surface area is 112 Å². The van der Waals surface area contributed by atoms with Crippen LogP contribution in [0.2, 0.25) is 0 Å². The lowest BCUT2D eigenvalue weighted by Gasteiger charge is -2.32. The second-order valence-corrected chi connectivity index (χ2v) is 5.74. The monoisotopic (exact) mass is 251 g/mol. The Kier molecular flexibility index (Phi) is 6.06. The van der Waals surface area contributed by atoms with Crippen molar-refractivity contribution in [3.05, 3.63) is 11.8 Å². The Hall–Kier alpha value is -0.500. The SMILES string of the molecule is CCNC(C1=CCCCO1)C1CCCCCCC1. The average Bonchev–Trinajstić information content (AvgIpc) is 2.38. The van der Waals surface area contributed by atoms with E-state index in [9.17, 15) is 0 Å². The predicted molar refractivity (Wildman–Crippen MR) is 76.5 cm³/mol. The third-order valence-electron chi connectivity index (χ3n) is 4.31. The van der Waals surface area contributed by atoms with E-state index in [0.29, 0.717) is 6.04 Å². The minimum atomic E-state index is 0.480. The summed E-state index contributed by atoms with van der Waals surface area (Å²) in [5, 5.41) is 3.68. The zero-order chi connectivity index (χ0) is 12.6. The number of rotatable bonds is 4. The van der Waals surface area contributed by atoms with E-state index in [4.69, 9.17) is 4.74 Å². The second kappa shape index (κ2) is 7.83. The van der Waals surface area contributed by atoms with E-state index in [0.717, 1.165) is 19.1 Å². The summed E-state index contributed by atoms with van der Waals surface area (Å²) >= 11 is 0. The standard InChI is InChI=1S/C16H29NO/c1-2-17-16(15-12-8-9-13-18-15)14-10-6-4-3-5-7-11-14/h12,14,16-17H,2-11,13H2,1H3. The maximum atomic E-state index is 5.92. The molecule has 0 amide bonds. The van der Waals surface area contributed by atoms with Gasteiger partial charge in [0.25, 0.3) is 0 Å². The van der Waals surface area contributed by atoms with Crippen molar-refractivity contribution >= 4 is 0 Å². The summed E-state index contributed by atoms with van der Waals surface area (Å²) in [7, 11) is 0. The fourth-order valence-electron chi connectivity index (χ4n) is 3.33. The smallest absolute Gasteiger partial charge is 0.109 e. The highest BCUT2D eigenvalue weighted by atomic mass is 16.5. The molecule has 18 heavy (non-hydrogen) atoms. The molecule has 1 saturated carbocycles. The summed E-state index contributed by atoms with van der Waals surface area (Å²) in [5.41, 5.74) is 0. The highest BCUT2D eigenvalue weighted by Gasteiger charge is 2.26. The fourth-order valence-corrected chi connectivity index (χ4v) is 3.33. The predicted octanol–water partition coefficient (Wildman–Crippen LogP) is 4.02. The molecule has 0 bridgehead atoms. The van der Waals surface area contributed by atoms with Crippen molar-refractivity contribution in [2.45, 2.75) is 70.8 Å². The maximum absolute atomic E-state index is 5.92. The average molecular weight is 251 g/mol. The van der Waals surface area contributed by atoms with Crippen LogP contribution in [0.1, 0.15) is 64.7 Å². The normalized spacial score (nSPS) is 24.6. The van der Waals surface area contributed by atoms with Crippen molar-refractivity contribution in [3.8, 4) is 0 Å². The molecule has 1 unspecified atom stereocenters. The van der Waals surface area contributed by atoms with Gasteiger partial charge >= 0.3 is 0 Å². The Balaban J connectivity index is 1.99. The highest BCUT2D eigenvalue weighted by molar-refractivity contribution is 5.07. The van der Waals surface area contributed by atoms with Gasteiger partial charge in [-0.1, -0.05) is 39.0 Å². The lowest BCUT2D eigenvalue weighted by molar-refractivity contribution is 0.143. The first-order chi connectivity index (χ1) is 8.92. The van der Waals surface area contributed by atoms with Crippen molar-refractivity contribution in [1.82, 2.24) is 5.32 Å². The van der Waals surface area contributed by atoms with E-state index >= 15 is 0 Å². The summed E-state index contributed by atoms with van der Waals surface area (Å²) in [6.07, 6.45) is 14.6. The molecule has 104 valence electrons. The molecule has 0 spiro atoms. The van der Waals surface area contributed by atoms with Crippen LogP contribution in [0.3, 0.4) is 0 Å². The second-order valence-electron chi connectivity index (χ2n) is 5.74. The van der Waals surface area contributed by atoms with E-state index in [1.54, 1.807) is 0 Å². The van der Waals surface area contributed by atoms with E-state index in [-0.39, 0.29) is 0 Å². The van der Waals surface area contributed by atoms with E-state index in [2.05, 4.69) is 18.3 Å². The number of nitrogens with one attached hydrogen (secondary N) is 1. The van der Waals surface area contributed by atoms with Crippen LogP contribution < -0.4 is 5.32 Å². The zero-order valence-corrected chi connectivity index (χ0v) is 11.9. The molecule has 0 aromatic heterocycles. The molecule has 0 radical (unpaired) electrons. The fraction of sp³-hybridized carbons (Fsp3) is 0.875. The quantitative estimate of drug-likeness (QED) is 0.815. The topological polar surface area (TPSA) is 21.3 Å². The molecule has 1 aliphatic heterocycles. The van der Waals surface area contributed by atoms with Crippen LogP contribution in [0.25, 0.3) is 0 Å². The molecule has 2 aliphatic rings. The number of likely N-dealkylation sites (N-methyl/N-ethyl adjacent to an activating group) is 1. The molecule has 1 N–H and O–H groups in total. The largest absolute Gasteiger partial charge is 0.497 e. The molecular formula is C16H29NO. The van der Waals surface area contributed by atoms with Gasteiger partial charge < -0.3 is 10.1 Å². The van der Waals surface area contributed by atoms with Crippen LogP contribution in [0, 0.1) is 5.92 Å². The molecule has 1 fully saturated rings. The number of hydrogen-bond acceptors (Lipinski definition) is 2. The van der Waals surface area contributed by atoms with Crippen molar-refractivity contribution < 1.29 is 4.74 Å². The molecular weight excluding hydrogens is 222 g/mol. The molecule has 2 heteroatoms. The van der Waals surface area contributed by atoms with Gasteiger partial charge in [-0.2, -0.15) is 0 Å². The first-order valence-electron chi connectivity index (χ1n) is 7.98. The van der Waals surface area contributed by atoms with Gasteiger partial charge in [0.15, 0.2) is 0 Å². The Morgan fingerprint density at radius 1 is 1.17 bits per heavy atom. The molecule has 0 aromatic rings. The summed E-state index contributed by atoms with van der Waals surface area (Å²) < 4.78 is 5.92.